The lowest BCUT2D eigenvalue weighted by atomic mass is 10.0. The number of hydrogen-bond acceptors (Lipinski definition) is 6. The van der Waals surface area contributed by atoms with Crippen LogP contribution in [0.4, 0.5) is 0 Å². The van der Waals surface area contributed by atoms with Gasteiger partial charge in [-0.3, -0.25) is 9.78 Å². The Balaban J connectivity index is 1.17. The summed E-state index contributed by atoms with van der Waals surface area (Å²) in [7, 11) is 1.95. The number of nitrogens with one attached hydrogen (secondary N) is 2. The Bertz CT molecular complexity index is 1550. The highest BCUT2D eigenvalue weighted by Crippen LogP contribution is 2.25. The number of ketones is 1. The van der Waals surface area contributed by atoms with E-state index in [1.807, 2.05) is 78.5 Å². The largest absolute Gasteiger partial charge is 0.363 e. The van der Waals surface area contributed by atoms with Crippen LogP contribution in [0.1, 0.15) is 29.2 Å². The molecule has 182 valence electrons. The first-order valence-corrected chi connectivity index (χ1v) is 12.2. The molecule has 36 heavy (non-hydrogen) atoms. The molecule has 4 aromatic rings. The lowest BCUT2D eigenvalue weighted by molar-refractivity contribution is 0.102. The highest BCUT2D eigenvalue weighted by molar-refractivity contribution is 6.18. The highest BCUT2D eigenvalue weighted by atomic mass is 16.2. The summed E-state index contributed by atoms with van der Waals surface area (Å²) in [6.07, 6.45) is 5.28. The molecule has 4 heterocycles. The van der Waals surface area contributed by atoms with Crippen molar-refractivity contribution in [3.05, 3.63) is 88.6 Å². The average molecular weight is 482 g/mol. The zero-order chi connectivity index (χ0) is 24.6. The third-order valence-corrected chi connectivity index (χ3v) is 6.99. The number of H-pyrrole nitrogens is 1. The van der Waals surface area contributed by atoms with E-state index in [2.05, 4.69) is 25.3 Å². The quantitative estimate of drug-likeness (QED) is 0.437. The molecule has 6 rings (SSSR count). The molecule has 1 fully saturated rings. The van der Waals surface area contributed by atoms with Crippen LogP contribution in [0.5, 0.6) is 0 Å². The number of amidine groups is 1. The van der Waals surface area contributed by atoms with E-state index in [0.29, 0.717) is 23.8 Å². The van der Waals surface area contributed by atoms with Gasteiger partial charge in [-0.25, -0.2) is 14.5 Å². The number of nitrogens with zero attached hydrogens (tertiary/aromatic N) is 5. The lowest BCUT2D eigenvalue weighted by Crippen LogP contribution is -2.42. The van der Waals surface area contributed by atoms with Crippen molar-refractivity contribution in [2.24, 2.45) is 12.0 Å². The monoisotopic (exact) mass is 481 g/mol. The van der Waals surface area contributed by atoms with Crippen LogP contribution in [0.3, 0.4) is 0 Å². The summed E-state index contributed by atoms with van der Waals surface area (Å²) in [5, 5.41) is 8.66. The van der Waals surface area contributed by atoms with Crippen molar-refractivity contribution in [1.82, 2.24) is 29.5 Å². The summed E-state index contributed by atoms with van der Waals surface area (Å²) in [5.74, 6) is 1.35. The molecule has 9 nitrogen and oxygen atoms in total. The number of likely N-dealkylation sites (tertiary alicyclic amines) is 1. The molecule has 0 radical (unpaired) electrons. The second-order valence-electron chi connectivity index (χ2n) is 9.22. The molecule has 2 N–H and O–H groups in total. The van der Waals surface area contributed by atoms with Crippen LogP contribution >= 0.6 is 0 Å². The van der Waals surface area contributed by atoms with Crippen LogP contribution in [0, 0.1) is 0 Å². The second kappa shape index (κ2) is 8.99. The summed E-state index contributed by atoms with van der Waals surface area (Å²) >= 11 is 0. The van der Waals surface area contributed by atoms with Crippen molar-refractivity contribution in [2.75, 3.05) is 19.8 Å². The predicted octanol–water partition coefficient (Wildman–Crippen LogP) is 3.09. The molecule has 0 aliphatic carbocycles. The molecule has 0 amide bonds. The van der Waals surface area contributed by atoms with Crippen molar-refractivity contribution < 1.29 is 4.79 Å². The molecule has 2 aliphatic rings. The van der Waals surface area contributed by atoms with E-state index in [-0.39, 0.29) is 17.5 Å². The van der Waals surface area contributed by atoms with Gasteiger partial charge in [-0.15, -0.1) is 5.10 Å². The van der Waals surface area contributed by atoms with Crippen molar-refractivity contribution in [3.63, 3.8) is 0 Å². The van der Waals surface area contributed by atoms with E-state index in [1.165, 1.54) is 0 Å². The molecule has 2 aromatic carbocycles. The smallest absolute Gasteiger partial charge is 0.343 e. The summed E-state index contributed by atoms with van der Waals surface area (Å²) in [5.41, 5.74) is 2.96. The van der Waals surface area contributed by atoms with E-state index in [0.717, 1.165) is 48.2 Å². The van der Waals surface area contributed by atoms with E-state index in [9.17, 15) is 9.59 Å². The number of rotatable bonds is 4. The van der Waals surface area contributed by atoms with Gasteiger partial charge in [0.1, 0.15) is 12.5 Å². The number of carbonyl (C=O) groups excluding carboxylic acids is 1. The fraction of sp³-hybridized carbons (Fsp3) is 0.259. The third kappa shape index (κ3) is 3.92. The minimum Gasteiger partial charge on any atom is -0.363 e. The van der Waals surface area contributed by atoms with Crippen LogP contribution in [0.15, 0.2) is 82.4 Å². The fourth-order valence-electron chi connectivity index (χ4n) is 5.09. The summed E-state index contributed by atoms with van der Waals surface area (Å²) in [6.45, 7) is 1.82. The molecule has 2 aliphatic heterocycles. The van der Waals surface area contributed by atoms with Gasteiger partial charge in [0, 0.05) is 54.4 Å². The minimum atomic E-state index is -0.186. The normalized spacial score (nSPS) is 16.5. The van der Waals surface area contributed by atoms with Crippen LogP contribution in [0.25, 0.3) is 22.3 Å². The van der Waals surface area contributed by atoms with Gasteiger partial charge in [0.15, 0.2) is 5.82 Å². The number of piperidine rings is 1. The Kier molecular flexibility index (Phi) is 5.52. The number of Topliss-reactive ketones (excluding diaryl/α,β-unsaturated/α-hetero) is 1. The molecule has 1 saturated heterocycles. The molecule has 0 bridgehead atoms. The van der Waals surface area contributed by atoms with Crippen LogP contribution < -0.4 is 11.0 Å². The first kappa shape index (κ1) is 22.1. The first-order chi connectivity index (χ1) is 17.6. The van der Waals surface area contributed by atoms with Crippen LogP contribution in [-0.4, -0.2) is 55.6 Å². The number of aromatic nitrogens is 4. The number of hydrogen-bond donors (Lipinski definition) is 2. The number of aromatic amines is 1. The number of aryl methyl sites for hydroxylation is 1. The first-order valence-electron chi connectivity index (χ1n) is 12.2. The maximum Gasteiger partial charge on any atom is 0.343 e. The molecule has 0 unspecified atom stereocenters. The number of para-hydroxylation sites is 1. The van der Waals surface area contributed by atoms with E-state index < -0.39 is 0 Å². The topological polar surface area (TPSA) is 100 Å². The van der Waals surface area contributed by atoms with Crippen molar-refractivity contribution in [1.29, 1.82) is 0 Å². The van der Waals surface area contributed by atoms with Crippen molar-refractivity contribution in [3.8, 4) is 11.4 Å². The SMILES string of the molecule is Cn1cc(C(=O)C2=CC(N3CCC(n4nc(-c5ccccc5)[nH]c4=O)CC3)=NCN2)c2ccccc21. The van der Waals surface area contributed by atoms with Gasteiger partial charge in [-0.05, 0) is 18.9 Å². The Morgan fingerprint density at radius 1 is 1.03 bits per heavy atom. The second-order valence-corrected chi connectivity index (χ2v) is 9.22. The molecule has 2 aromatic heterocycles. The number of benzene rings is 2. The molecule has 9 heteroatoms. The summed E-state index contributed by atoms with van der Waals surface area (Å²) < 4.78 is 3.56. The number of carbonyl (C=O) groups is 1. The summed E-state index contributed by atoms with van der Waals surface area (Å²) in [4.78, 5) is 35.7. The molecule has 0 atom stereocenters. The van der Waals surface area contributed by atoms with Crippen LogP contribution in [0.2, 0.25) is 0 Å². The van der Waals surface area contributed by atoms with Gasteiger partial charge in [-0.1, -0.05) is 48.5 Å². The number of aliphatic imine (C=N–C) groups is 1. The lowest BCUT2D eigenvalue weighted by Gasteiger charge is -2.34. The zero-order valence-electron chi connectivity index (χ0n) is 20.0. The zero-order valence-corrected chi connectivity index (χ0v) is 20.0. The maximum absolute atomic E-state index is 13.4. The minimum absolute atomic E-state index is 0.0190. The Morgan fingerprint density at radius 3 is 2.58 bits per heavy atom. The predicted molar refractivity (Wildman–Crippen MR) is 139 cm³/mol. The van der Waals surface area contributed by atoms with Gasteiger partial charge in [0.25, 0.3) is 0 Å². The van der Waals surface area contributed by atoms with Crippen molar-refractivity contribution in [2.45, 2.75) is 18.9 Å². The third-order valence-electron chi connectivity index (χ3n) is 6.99. The van der Waals surface area contributed by atoms with Crippen LogP contribution in [-0.2, 0) is 7.05 Å². The summed E-state index contributed by atoms with van der Waals surface area (Å²) in [6, 6.07) is 17.6. The number of allylic oxidation sites excluding steroid dienone is 1. The van der Waals surface area contributed by atoms with Gasteiger partial charge in [-0.2, -0.15) is 0 Å². The molecular formula is C27H27N7O2. The molecular weight excluding hydrogens is 454 g/mol. The van der Waals surface area contributed by atoms with Gasteiger partial charge in [0.2, 0.25) is 5.78 Å². The fourth-order valence-corrected chi connectivity index (χ4v) is 5.09. The van der Waals surface area contributed by atoms with Gasteiger partial charge >= 0.3 is 5.69 Å². The molecule has 0 spiro atoms. The van der Waals surface area contributed by atoms with Crippen molar-refractivity contribution >= 4 is 22.5 Å². The van der Waals surface area contributed by atoms with E-state index >= 15 is 0 Å². The molecule has 0 saturated carbocycles. The Labute approximate surface area is 207 Å². The van der Waals surface area contributed by atoms with E-state index in [1.54, 1.807) is 4.68 Å². The average Bonchev–Trinajstić information content (AvgIpc) is 3.49. The van der Waals surface area contributed by atoms with E-state index in [4.69, 9.17) is 0 Å². The number of fused-ring (bicyclic) bond motifs is 1. The highest BCUT2D eigenvalue weighted by Gasteiger charge is 2.27. The standard InChI is InChI=1S/C27H27N7O2/c1-32-16-21(20-9-5-6-10-23(20)32)25(35)22-15-24(29-17-28-22)33-13-11-19(12-14-33)34-27(36)30-26(31-34)18-7-3-2-4-8-18/h2-10,15-16,19,28H,11-14,17H2,1H3,(H,30,31,36). The van der Waals surface area contributed by atoms with Gasteiger partial charge in [0.05, 0.1) is 11.7 Å². The Morgan fingerprint density at radius 2 is 1.78 bits per heavy atom. The Hall–Kier alpha value is -4.40. The van der Waals surface area contributed by atoms with Gasteiger partial charge < -0.3 is 14.8 Å². The maximum atomic E-state index is 13.4.